The van der Waals surface area contributed by atoms with Gasteiger partial charge in [-0.2, -0.15) is 0 Å². The molecule has 1 aliphatic carbocycles. The van der Waals surface area contributed by atoms with Gasteiger partial charge < -0.3 is 16.2 Å². The average Bonchev–Trinajstić information content (AvgIpc) is 3.08. The number of carbonyl (C=O) groups excluding carboxylic acids is 1. The third kappa shape index (κ3) is 2.27. The van der Waals surface area contributed by atoms with Gasteiger partial charge in [-0.15, -0.1) is 10.2 Å². The first-order valence-electron chi connectivity index (χ1n) is 5.13. The van der Waals surface area contributed by atoms with Crippen LogP contribution in [0.25, 0.3) is 0 Å². The zero-order valence-corrected chi connectivity index (χ0v) is 8.81. The van der Waals surface area contributed by atoms with Crippen molar-refractivity contribution in [1.29, 1.82) is 0 Å². The number of carbonyl (C=O) groups is 1. The summed E-state index contributed by atoms with van der Waals surface area (Å²) >= 11 is 0. The summed E-state index contributed by atoms with van der Waals surface area (Å²) in [5.74, 6) is -0.00204. The lowest BCUT2D eigenvalue weighted by Gasteiger charge is -2.12. The topological polar surface area (TPSA) is 101 Å². The first-order chi connectivity index (χ1) is 7.65. The molecule has 0 atom stereocenters. The minimum absolute atomic E-state index is 0.0179. The minimum Gasteiger partial charge on any atom is -0.396 e. The lowest BCUT2D eigenvalue weighted by atomic mass is 10.1. The van der Waals surface area contributed by atoms with Gasteiger partial charge in [-0.25, -0.2) is 0 Å². The standard InChI is InChI=1S/C10H14N4O2/c11-9(16)7-1-2-8(14-13-7)12-5-10(6-15)3-4-10/h1-2,15H,3-6H2,(H2,11,16)(H,12,14). The zero-order chi connectivity index (χ0) is 11.6. The maximum atomic E-state index is 10.8. The van der Waals surface area contributed by atoms with E-state index in [4.69, 9.17) is 10.8 Å². The van der Waals surface area contributed by atoms with E-state index >= 15 is 0 Å². The highest BCUT2D eigenvalue weighted by molar-refractivity contribution is 5.90. The summed E-state index contributed by atoms with van der Waals surface area (Å²) in [6.45, 7) is 0.862. The number of hydrogen-bond acceptors (Lipinski definition) is 5. The van der Waals surface area contributed by atoms with E-state index in [0.29, 0.717) is 12.4 Å². The van der Waals surface area contributed by atoms with Crippen molar-refractivity contribution in [3.8, 4) is 0 Å². The van der Waals surface area contributed by atoms with E-state index in [9.17, 15) is 4.79 Å². The predicted molar refractivity (Wildman–Crippen MR) is 57.8 cm³/mol. The Morgan fingerprint density at radius 3 is 2.69 bits per heavy atom. The van der Waals surface area contributed by atoms with Crippen molar-refractivity contribution in [2.24, 2.45) is 11.1 Å². The Bertz CT molecular complexity index is 386. The number of aliphatic hydroxyl groups is 1. The van der Waals surface area contributed by atoms with E-state index in [2.05, 4.69) is 15.5 Å². The lowest BCUT2D eigenvalue weighted by molar-refractivity contribution is 0.0994. The van der Waals surface area contributed by atoms with Crippen LogP contribution in [0.15, 0.2) is 12.1 Å². The van der Waals surface area contributed by atoms with Crippen LogP contribution >= 0.6 is 0 Å². The molecule has 0 aliphatic heterocycles. The third-order valence-electron chi connectivity index (χ3n) is 2.85. The van der Waals surface area contributed by atoms with Gasteiger partial charge in [-0.3, -0.25) is 4.79 Å². The maximum absolute atomic E-state index is 10.8. The third-order valence-corrected chi connectivity index (χ3v) is 2.85. The van der Waals surface area contributed by atoms with Crippen LogP contribution in [0.3, 0.4) is 0 Å². The second-order valence-corrected chi connectivity index (χ2v) is 4.18. The fourth-order valence-corrected chi connectivity index (χ4v) is 1.40. The van der Waals surface area contributed by atoms with Crippen LogP contribution in [0.4, 0.5) is 5.82 Å². The molecular weight excluding hydrogens is 208 g/mol. The van der Waals surface area contributed by atoms with Crippen molar-refractivity contribution in [3.63, 3.8) is 0 Å². The van der Waals surface area contributed by atoms with Gasteiger partial charge >= 0.3 is 0 Å². The van der Waals surface area contributed by atoms with Crippen LogP contribution in [-0.4, -0.2) is 34.4 Å². The van der Waals surface area contributed by atoms with Gasteiger partial charge in [0.15, 0.2) is 5.69 Å². The highest BCUT2D eigenvalue weighted by atomic mass is 16.3. The van der Waals surface area contributed by atoms with Gasteiger partial charge in [0.05, 0.1) is 6.61 Å². The van der Waals surface area contributed by atoms with Crippen LogP contribution in [0, 0.1) is 5.41 Å². The molecule has 1 fully saturated rings. The number of nitrogens with zero attached hydrogens (tertiary/aromatic N) is 2. The molecule has 2 rings (SSSR count). The Morgan fingerprint density at radius 1 is 1.50 bits per heavy atom. The normalized spacial score (nSPS) is 16.8. The molecule has 0 radical (unpaired) electrons. The Kier molecular flexibility index (Phi) is 2.74. The van der Waals surface area contributed by atoms with Gasteiger partial charge in [-0.1, -0.05) is 0 Å². The van der Waals surface area contributed by atoms with Crippen molar-refractivity contribution in [2.75, 3.05) is 18.5 Å². The van der Waals surface area contributed by atoms with Crippen LogP contribution < -0.4 is 11.1 Å². The van der Waals surface area contributed by atoms with Crippen molar-refractivity contribution in [2.45, 2.75) is 12.8 Å². The fraction of sp³-hybridized carbons (Fsp3) is 0.500. The van der Waals surface area contributed by atoms with E-state index in [-0.39, 0.29) is 17.7 Å². The molecule has 4 N–H and O–H groups in total. The molecule has 16 heavy (non-hydrogen) atoms. The summed E-state index contributed by atoms with van der Waals surface area (Å²) in [5, 5.41) is 19.7. The van der Waals surface area contributed by atoms with E-state index in [0.717, 1.165) is 12.8 Å². The van der Waals surface area contributed by atoms with Gasteiger partial charge in [0.1, 0.15) is 5.82 Å². The van der Waals surface area contributed by atoms with Gasteiger partial charge in [0.2, 0.25) is 0 Å². The van der Waals surface area contributed by atoms with Crippen molar-refractivity contribution in [3.05, 3.63) is 17.8 Å². The molecular formula is C10H14N4O2. The number of aliphatic hydroxyl groups excluding tert-OH is 1. The van der Waals surface area contributed by atoms with Crippen LogP contribution in [0.1, 0.15) is 23.3 Å². The molecule has 0 aromatic carbocycles. The molecule has 1 aromatic heterocycles. The summed E-state index contributed by atoms with van der Waals surface area (Å²) in [6.07, 6.45) is 2.06. The second kappa shape index (κ2) is 4.05. The first-order valence-corrected chi connectivity index (χ1v) is 5.13. The molecule has 86 valence electrons. The predicted octanol–water partition coefficient (Wildman–Crippen LogP) is -0.240. The van der Waals surface area contributed by atoms with Crippen molar-refractivity contribution >= 4 is 11.7 Å². The first kappa shape index (κ1) is 10.8. The van der Waals surface area contributed by atoms with E-state index < -0.39 is 5.91 Å². The molecule has 0 unspecified atom stereocenters. The minimum atomic E-state index is -0.590. The maximum Gasteiger partial charge on any atom is 0.269 e. The Balaban J connectivity index is 1.93. The van der Waals surface area contributed by atoms with Crippen LogP contribution in [0.2, 0.25) is 0 Å². The monoisotopic (exact) mass is 222 g/mol. The van der Waals surface area contributed by atoms with Crippen LogP contribution in [-0.2, 0) is 0 Å². The number of hydrogen-bond donors (Lipinski definition) is 3. The van der Waals surface area contributed by atoms with Crippen LogP contribution in [0.5, 0.6) is 0 Å². The smallest absolute Gasteiger partial charge is 0.269 e. The average molecular weight is 222 g/mol. The van der Waals surface area contributed by atoms with E-state index in [1.807, 2.05) is 0 Å². The Labute approximate surface area is 92.9 Å². The summed E-state index contributed by atoms with van der Waals surface area (Å²) in [5.41, 5.74) is 5.21. The Morgan fingerprint density at radius 2 is 2.25 bits per heavy atom. The summed E-state index contributed by atoms with van der Waals surface area (Å²) < 4.78 is 0. The summed E-state index contributed by atoms with van der Waals surface area (Å²) in [4.78, 5) is 10.8. The fourth-order valence-electron chi connectivity index (χ4n) is 1.40. The molecule has 6 heteroatoms. The van der Waals surface area contributed by atoms with Gasteiger partial charge in [0, 0.05) is 12.0 Å². The number of nitrogens with one attached hydrogen (secondary N) is 1. The number of amides is 1. The second-order valence-electron chi connectivity index (χ2n) is 4.18. The number of rotatable bonds is 5. The number of anilines is 1. The zero-order valence-electron chi connectivity index (χ0n) is 8.81. The number of primary amides is 1. The largest absolute Gasteiger partial charge is 0.396 e. The Hall–Kier alpha value is -1.69. The van der Waals surface area contributed by atoms with E-state index in [1.54, 1.807) is 6.07 Å². The molecule has 1 aromatic rings. The molecule has 0 spiro atoms. The number of aromatic nitrogens is 2. The molecule has 1 saturated carbocycles. The molecule has 1 aliphatic rings. The summed E-state index contributed by atoms with van der Waals surface area (Å²) in [7, 11) is 0. The molecule has 0 bridgehead atoms. The number of nitrogens with two attached hydrogens (primary N) is 1. The molecule has 6 nitrogen and oxygen atoms in total. The van der Waals surface area contributed by atoms with Crippen molar-refractivity contribution < 1.29 is 9.90 Å². The molecule has 1 amide bonds. The van der Waals surface area contributed by atoms with Gasteiger partial charge in [0.25, 0.3) is 5.91 Å². The van der Waals surface area contributed by atoms with E-state index in [1.165, 1.54) is 6.07 Å². The molecule has 0 saturated heterocycles. The highest BCUT2D eigenvalue weighted by Gasteiger charge is 2.41. The highest BCUT2D eigenvalue weighted by Crippen LogP contribution is 2.44. The van der Waals surface area contributed by atoms with Gasteiger partial charge in [-0.05, 0) is 25.0 Å². The molecule has 1 heterocycles. The SMILES string of the molecule is NC(=O)c1ccc(NCC2(CO)CC2)nn1. The summed E-state index contributed by atoms with van der Waals surface area (Å²) in [6, 6.07) is 3.18. The quantitative estimate of drug-likeness (QED) is 0.638. The van der Waals surface area contributed by atoms with Crippen molar-refractivity contribution in [1.82, 2.24) is 10.2 Å². The lowest BCUT2D eigenvalue weighted by Crippen LogP contribution is -2.20.